The second kappa shape index (κ2) is 10.1. The number of thiocarbonyl (C=S) groups is 1. The summed E-state index contributed by atoms with van der Waals surface area (Å²) >= 11 is 5.28. The highest BCUT2D eigenvalue weighted by Gasteiger charge is 2.07. The summed E-state index contributed by atoms with van der Waals surface area (Å²) in [6.45, 7) is 9.72. The lowest BCUT2D eigenvalue weighted by Gasteiger charge is -2.20. The Hall–Kier alpha value is -1.73. The molecular formula is C16H26N4O2S. The first-order valence-electron chi connectivity index (χ1n) is 8.00. The van der Waals surface area contributed by atoms with Crippen LogP contribution >= 0.6 is 12.2 Å². The molecule has 0 fully saturated rings. The fourth-order valence-electron chi connectivity index (χ4n) is 2.29. The van der Waals surface area contributed by atoms with Gasteiger partial charge < -0.3 is 15.5 Å². The van der Waals surface area contributed by atoms with Gasteiger partial charge in [-0.05, 0) is 63.8 Å². The molecule has 0 saturated carbocycles. The van der Waals surface area contributed by atoms with Crippen LogP contribution < -0.4 is 10.6 Å². The molecule has 0 aliphatic carbocycles. The molecule has 0 spiro atoms. The summed E-state index contributed by atoms with van der Waals surface area (Å²) in [7, 11) is 0. The Bertz CT molecular complexity index is 503. The van der Waals surface area contributed by atoms with E-state index in [0.29, 0.717) is 5.11 Å². The average molecular weight is 338 g/mol. The molecule has 0 saturated heterocycles. The number of hydrogen-bond acceptors (Lipinski definition) is 4. The molecule has 7 heteroatoms. The first-order chi connectivity index (χ1) is 11.0. The van der Waals surface area contributed by atoms with Crippen molar-refractivity contribution < 1.29 is 4.92 Å². The molecule has 0 bridgehead atoms. The minimum absolute atomic E-state index is 0.0687. The van der Waals surface area contributed by atoms with Crippen LogP contribution in [0.5, 0.6) is 0 Å². The molecule has 0 amide bonds. The Labute approximate surface area is 143 Å². The highest BCUT2D eigenvalue weighted by molar-refractivity contribution is 7.80. The van der Waals surface area contributed by atoms with E-state index in [1.54, 1.807) is 12.1 Å². The lowest BCUT2D eigenvalue weighted by Crippen LogP contribution is -2.36. The van der Waals surface area contributed by atoms with Crippen molar-refractivity contribution in [3.8, 4) is 0 Å². The summed E-state index contributed by atoms with van der Waals surface area (Å²) in [5.41, 5.74) is 0.808. The van der Waals surface area contributed by atoms with Gasteiger partial charge in [-0.15, -0.1) is 0 Å². The Kier molecular flexibility index (Phi) is 8.50. The van der Waals surface area contributed by atoms with Gasteiger partial charge in [0, 0.05) is 23.9 Å². The highest BCUT2D eigenvalue weighted by Crippen LogP contribution is 2.15. The lowest BCUT2D eigenvalue weighted by atomic mass is 10.2. The second-order valence-electron chi connectivity index (χ2n) is 5.47. The molecule has 1 atom stereocenters. The van der Waals surface area contributed by atoms with Crippen molar-refractivity contribution in [3.63, 3.8) is 0 Å². The number of anilines is 1. The fraction of sp³-hybridized carbons (Fsp3) is 0.562. The van der Waals surface area contributed by atoms with Crippen LogP contribution in [0, 0.1) is 10.1 Å². The first-order valence-corrected chi connectivity index (χ1v) is 8.41. The van der Waals surface area contributed by atoms with E-state index in [1.165, 1.54) is 12.1 Å². The van der Waals surface area contributed by atoms with Gasteiger partial charge in [0.15, 0.2) is 5.11 Å². The van der Waals surface area contributed by atoms with Crippen molar-refractivity contribution in [2.24, 2.45) is 0 Å². The maximum Gasteiger partial charge on any atom is 0.269 e. The minimum Gasteiger partial charge on any atom is -0.360 e. The number of hydrogen-bond donors (Lipinski definition) is 2. The number of nitro benzene ring substituents is 1. The van der Waals surface area contributed by atoms with Gasteiger partial charge in [0.1, 0.15) is 0 Å². The summed E-state index contributed by atoms with van der Waals surface area (Å²) in [5, 5.41) is 17.4. The van der Waals surface area contributed by atoms with Gasteiger partial charge in [0.25, 0.3) is 5.69 Å². The summed E-state index contributed by atoms with van der Waals surface area (Å²) < 4.78 is 0. The van der Waals surface area contributed by atoms with Crippen LogP contribution in [-0.2, 0) is 0 Å². The molecule has 1 unspecified atom stereocenters. The third-order valence-corrected chi connectivity index (χ3v) is 3.94. The van der Waals surface area contributed by atoms with E-state index in [0.717, 1.165) is 38.2 Å². The maximum atomic E-state index is 10.6. The molecule has 23 heavy (non-hydrogen) atoms. The zero-order valence-electron chi connectivity index (χ0n) is 14.0. The molecule has 2 N–H and O–H groups in total. The fourth-order valence-corrected chi connectivity index (χ4v) is 2.61. The Balaban J connectivity index is 2.33. The highest BCUT2D eigenvalue weighted by atomic mass is 32.1. The standard InChI is InChI=1S/C16H26N4O2S/c1-4-19(5-2)12-6-7-13(3)17-16(23)18-14-8-10-15(11-9-14)20(21)22/h8-11,13H,4-7,12H2,1-3H3,(H2,17,18,23). The van der Waals surface area contributed by atoms with E-state index < -0.39 is 4.92 Å². The van der Waals surface area contributed by atoms with Gasteiger partial charge in [-0.25, -0.2) is 0 Å². The number of nitrogens with zero attached hydrogens (tertiary/aromatic N) is 2. The van der Waals surface area contributed by atoms with E-state index in [4.69, 9.17) is 12.2 Å². The SMILES string of the molecule is CCN(CC)CCCC(C)NC(=S)Nc1ccc([N+](=O)[O-])cc1. The van der Waals surface area contributed by atoms with Crippen LogP contribution in [0.1, 0.15) is 33.6 Å². The summed E-state index contributed by atoms with van der Waals surface area (Å²) in [6, 6.07) is 6.49. The zero-order valence-corrected chi connectivity index (χ0v) is 14.9. The van der Waals surface area contributed by atoms with Gasteiger partial charge in [-0.2, -0.15) is 0 Å². The van der Waals surface area contributed by atoms with Gasteiger partial charge in [-0.3, -0.25) is 10.1 Å². The number of nitro groups is 1. The summed E-state index contributed by atoms with van der Waals surface area (Å²) in [5.74, 6) is 0. The third kappa shape index (κ3) is 7.38. The van der Waals surface area contributed by atoms with Crippen molar-refractivity contribution in [1.82, 2.24) is 10.2 Å². The molecule has 6 nitrogen and oxygen atoms in total. The smallest absolute Gasteiger partial charge is 0.269 e. The van der Waals surface area contributed by atoms with Gasteiger partial charge in [0.05, 0.1) is 4.92 Å². The zero-order chi connectivity index (χ0) is 17.2. The van der Waals surface area contributed by atoms with E-state index >= 15 is 0 Å². The molecule has 0 aliphatic heterocycles. The number of benzene rings is 1. The summed E-state index contributed by atoms with van der Waals surface area (Å²) in [4.78, 5) is 12.6. The van der Waals surface area contributed by atoms with Gasteiger partial charge in [-0.1, -0.05) is 13.8 Å². The predicted octanol–water partition coefficient (Wildman–Crippen LogP) is 3.39. The Morgan fingerprint density at radius 2 is 1.91 bits per heavy atom. The van der Waals surface area contributed by atoms with Crippen molar-refractivity contribution >= 4 is 28.7 Å². The first kappa shape index (κ1) is 19.3. The monoisotopic (exact) mass is 338 g/mol. The van der Waals surface area contributed by atoms with Crippen LogP contribution in [-0.4, -0.2) is 40.6 Å². The van der Waals surface area contributed by atoms with Crippen LogP contribution in [0.15, 0.2) is 24.3 Å². The van der Waals surface area contributed by atoms with E-state index in [1.807, 2.05) is 0 Å². The van der Waals surface area contributed by atoms with Crippen LogP contribution in [0.25, 0.3) is 0 Å². The molecule has 0 aliphatic rings. The Morgan fingerprint density at radius 3 is 2.43 bits per heavy atom. The number of nitrogens with one attached hydrogen (secondary N) is 2. The quantitative estimate of drug-likeness (QED) is 0.408. The molecule has 1 aromatic carbocycles. The van der Waals surface area contributed by atoms with Crippen molar-refractivity contribution in [3.05, 3.63) is 34.4 Å². The van der Waals surface area contributed by atoms with Crippen LogP contribution in [0.3, 0.4) is 0 Å². The number of non-ortho nitro benzene ring substituents is 1. The van der Waals surface area contributed by atoms with Crippen LogP contribution in [0.4, 0.5) is 11.4 Å². The second-order valence-corrected chi connectivity index (χ2v) is 5.88. The maximum absolute atomic E-state index is 10.6. The lowest BCUT2D eigenvalue weighted by molar-refractivity contribution is -0.384. The van der Waals surface area contributed by atoms with Crippen molar-refractivity contribution in [2.75, 3.05) is 25.0 Å². The van der Waals surface area contributed by atoms with Crippen molar-refractivity contribution in [2.45, 2.75) is 39.7 Å². The van der Waals surface area contributed by atoms with Gasteiger partial charge >= 0.3 is 0 Å². The van der Waals surface area contributed by atoms with E-state index in [9.17, 15) is 10.1 Å². The number of rotatable bonds is 9. The predicted molar refractivity (Wildman–Crippen MR) is 98.9 cm³/mol. The molecule has 0 radical (unpaired) electrons. The summed E-state index contributed by atoms with van der Waals surface area (Å²) in [6.07, 6.45) is 2.16. The molecule has 1 aromatic rings. The normalized spacial score (nSPS) is 12.0. The Morgan fingerprint density at radius 1 is 1.30 bits per heavy atom. The largest absolute Gasteiger partial charge is 0.360 e. The van der Waals surface area contributed by atoms with Gasteiger partial charge in [0.2, 0.25) is 0 Å². The molecule has 0 aromatic heterocycles. The molecular weight excluding hydrogens is 312 g/mol. The van der Waals surface area contributed by atoms with E-state index in [-0.39, 0.29) is 11.7 Å². The molecule has 1 rings (SSSR count). The van der Waals surface area contributed by atoms with Crippen LogP contribution in [0.2, 0.25) is 0 Å². The third-order valence-electron chi connectivity index (χ3n) is 3.72. The molecule has 0 heterocycles. The van der Waals surface area contributed by atoms with Crippen molar-refractivity contribution in [1.29, 1.82) is 0 Å². The minimum atomic E-state index is -0.418. The van der Waals surface area contributed by atoms with E-state index in [2.05, 4.69) is 36.3 Å². The average Bonchev–Trinajstić information content (AvgIpc) is 2.52. The topological polar surface area (TPSA) is 70.4 Å². The molecule has 128 valence electrons.